The van der Waals surface area contributed by atoms with Gasteiger partial charge in [-0.1, -0.05) is 36.4 Å². The second-order valence-electron chi connectivity index (χ2n) is 5.59. The van der Waals surface area contributed by atoms with E-state index in [-0.39, 0.29) is 20.4 Å². The average Bonchev–Trinajstić information content (AvgIpc) is 2.70. The first-order valence-corrected chi connectivity index (χ1v) is 8.09. The van der Waals surface area contributed by atoms with Crippen molar-refractivity contribution in [3.8, 4) is 34.0 Å². The first-order valence-electron chi connectivity index (χ1n) is 8.09. The van der Waals surface area contributed by atoms with Crippen LogP contribution >= 0.6 is 0 Å². The van der Waals surface area contributed by atoms with Gasteiger partial charge in [0.25, 0.3) is 0 Å². The van der Waals surface area contributed by atoms with Crippen LogP contribution in [0.5, 0.6) is 11.5 Å². The van der Waals surface area contributed by atoms with Crippen LogP contribution in [0.15, 0.2) is 97.3 Å². The molecule has 128 valence electrons. The molecular formula is C22H16N2OPd+2. The monoisotopic (exact) mass is 430 g/mol. The van der Waals surface area contributed by atoms with Crippen LogP contribution in [-0.2, 0) is 20.4 Å². The molecule has 4 aromatic rings. The van der Waals surface area contributed by atoms with Gasteiger partial charge in [-0.25, -0.2) is 0 Å². The van der Waals surface area contributed by atoms with Crippen molar-refractivity contribution in [1.29, 1.82) is 0 Å². The maximum atomic E-state index is 6.05. The Morgan fingerprint density at radius 2 is 1.04 bits per heavy atom. The maximum absolute atomic E-state index is 6.05. The zero-order chi connectivity index (χ0) is 16.9. The summed E-state index contributed by atoms with van der Waals surface area (Å²) in [5.41, 5.74) is 3.91. The summed E-state index contributed by atoms with van der Waals surface area (Å²) in [6, 6.07) is 27.6. The predicted molar refractivity (Wildman–Crippen MR) is 99.4 cm³/mol. The van der Waals surface area contributed by atoms with Gasteiger partial charge in [0.1, 0.15) is 11.5 Å². The molecule has 0 aliphatic rings. The van der Waals surface area contributed by atoms with Gasteiger partial charge in [0.2, 0.25) is 0 Å². The molecule has 0 amide bonds. The molecule has 26 heavy (non-hydrogen) atoms. The fraction of sp³-hybridized carbons (Fsp3) is 0. The molecule has 0 radical (unpaired) electrons. The van der Waals surface area contributed by atoms with E-state index in [0.717, 1.165) is 34.0 Å². The number of ether oxygens (including phenoxy) is 1. The first kappa shape index (κ1) is 18.0. The van der Waals surface area contributed by atoms with Crippen LogP contribution < -0.4 is 4.74 Å². The molecule has 4 heteroatoms. The third kappa shape index (κ3) is 4.24. The quantitative estimate of drug-likeness (QED) is 0.395. The van der Waals surface area contributed by atoms with Gasteiger partial charge in [-0.15, -0.1) is 0 Å². The summed E-state index contributed by atoms with van der Waals surface area (Å²) in [5, 5.41) is 0. The SMILES string of the molecule is [Pd+2].c1ccc(-c2cccc(Oc3cccc(-c4ccccn4)c3)c2)nc1. The van der Waals surface area contributed by atoms with E-state index in [0.29, 0.717) is 0 Å². The predicted octanol–water partition coefficient (Wildman–Crippen LogP) is 5.60. The smallest absolute Gasteiger partial charge is 0.457 e. The Balaban J connectivity index is 0.00000196. The number of aromatic nitrogens is 2. The summed E-state index contributed by atoms with van der Waals surface area (Å²) in [5.74, 6) is 1.56. The molecule has 0 N–H and O–H groups in total. The molecule has 2 aromatic carbocycles. The Bertz CT molecular complexity index is 894. The fourth-order valence-electron chi connectivity index (χ4n) is 2.64. The Kier molecular flexibility index (Phi) is 5.91. The van der Waals surface area contributed by atoms with E-state index in [1.165, 1.54) is 0 Å². The maximum Gasteiger partial charge on any atom is 2.00 e. The van der Waals surface area contributed by atoms with E-state index < -0.39 is 0 Å². The molecule has 0 fully saturated rings. The average molecular weight is 431 g/mol. The molecule has 0 saturated carbocycles. The third-order valence-corrected chi connectivity index (χ3v) is 3.83. The number of pyridine rings is 2. The van der Waals surface area contributed by atoms with Crippen LogP contribution in [0.1, 0.15) is 0 Å². The molecule has 2 heterocycles. The van der Waals surface area contributed by atoms with E-state index >= 15 is 0 Å². The summed E-state index contributed by atoms with van der Waals surface area (Å²) < 4.78 is 6.05. The Hall–Kier alpha value is -2.80. The minimum Gasteiger partial charge on any atom is -0.457 e. The van der Waals surface area contributed by atoms with Gasteiger partial charge in [-0.3, -0.25) is 9.97 Å². The van der Waals surface area contributed by atoms with Crippen LogP contribution in [0.2, 0.25) is 0 Å². The van der Waals surface area contributed by atoms with Crippen LogP contribution in [-0.4, -0.2) is 9.97 Å². The van der Waals surface area contributed by atoms with E-state index in [4.69, 9.17) is 4.74 Å². The van der Waals surface area contributed by atoms with Crippen molar-refractivity contribution in [2.24, 2.45) is 0 Å². The normalized spacial score (nSPS) is 10.0. The minimum absolute atomic E-state index is 0. The molecular weight excluding hydrogens is 415 g/mol. The molecule has 0 unspecified atom stereocenters. The molecule has 3 nitrogen and oxygen atoms in total. The van der Waals surface area contributed by atoms with Crippen molar-refractivity contribution in [3.05, 3.63) is 97.3 Å². The number of nitrogens with zero attached hydrogens (tertiary/aromatic N) is 2. The van der Waals surface area contributed by atoms with Gasteiger partial charge in [0, 0.05) is 23.5 Å². The van der Waals surface area contributed by atoms with E-state index in [1.54, 1.807) is 12.4 Å². The van der Waals surface area contributed by atoms with Crippen molar-refractivity contribution >= 4 is 0 Å². The summed E-state index contributed by atoms with van der Waals surface area (Å²) >= 11 is 0. The molecule has 0 aliphatic heterocycles. The summed E-state index contributed by atoms with van der Waals surface area (Å²) in [7, 11) is 0. The molecule has 0 spiro atoms. The van der Waals surface area contributed by atoms with Crippen LogP contribution in [0.4, 0.5) is 0 Å². The molecule has 2 aromatic heterocycles. The molecule has 0 bridgehead atoms. The van der Waals surface area contributed by atoms with Gasteiger partial charge in [-0.2, -0.15) is 0 Å². The third-order valence-electron chi connectivity index (χ3n) is 3.83. The summed E-state index contributed by atoms with van der Waals surface area (Å²) in [6.45, 7) is 0. The Morgan fingerprint density at radius 1 is 0.538 bits per heavy atom. The first-order chi connectivity index (χ1) is 12.4. The molecule has 0 saturated heterocycles. The van der Waals surface area contributed by atoms with Gasteiger partial charge >= 0.3 is 20.4 Å². The number of benzene rings is 2. The van der Waals surface area contributed by atoms with Crippen LogP contribution in [0, 0.1) is 0 Å². The van der Waals surface area contributed by atoms with E-state index in [1.807, 2.05) is 84.9 Å². The van der Waals surface area contributed by atoms with Crippen LogP contribution in [0.25, 0.3) is 22.5 Å². The second kappa shape index (κ2) is 8.53. The minimum atomic E-state index is 0. The van der Waals surface area contributed by atoms with E-state index in [2.05, 4.69) is 9.97 Å². The van der Waals surface area contributed by atoms with Crippen LogP contribution in [0.3, 0.4) is 0 Å². The summed E-state index contributed by atoms with van der Waals surface area (Å²) in [6.07, 6.45) is 3.58. The van der Waals surface area contributed by atoms with Crippen molar-refractivity contribution < 1.29 is 25.2 Å². The molecule has 0 atom stereocenters. The topological polar surface area (TPSA) is 35.0 Å². The van der Waals surface area contributed by atoms with Crippen molar-refractivity contribution in [2.75, 3.05) is 0 Å². The summed E-state index contributed by atoms with van der Waals surface area (Å²) in [4.78, 5) is 8.77. The largest absolute Gasteiger partial charge is 2.00 e. The number of hydrogen-bond acceptors (Lipinski definition) is 3. The van der Waals surface area contributed by atoms with Gasteiger partial charge < -0.3 is 4.74 Å². The number of rotatable bonds is 4. The Morgan fingerprint density at radius 3 is 1.46 bits per heavy atom. The fourth-order valence-corrected chi connectivity index (χ4v) is 2.64. The van der Waals surface area contributed by atoms with E-state index in [9.17, 15) is 0 Å². The Labute approximate surface area is 166 Å². The standard InChI is InChI=1S/C22H16N2O.Pd/c1-3-13-23-21(11-1)17-7-5-9-19(15-17)25-20-10-6-8-18(16-20)22-12-2-4-14-24-22;/h1-16H;/q;+2. The zero-order valence-corrected chi connectivity index (χ0v) is 15.4. The second-order valence-corrected chi connectivity index (χ2v) is 5.59. The van der Waals surface area contributed by atoms with Gasteiger partial charge in [0.15, 0.2) is 0 Å². The molecule has 4 rings (SSSR count). The number of hydrogen-bond donors (Lipinski definition) is 0. The zero-order valence-electron chi connectivity index (χ0n) is 13.9. The van der Waals surface area contributed by atoms with Gasteiger partial charge in [0.05, 0.1) is 11.4 Å². The van der Waals surface area contributed by atoms with Crippen molar-refractivity contribution in [1.82, 2.24) is 9.97 Å². The van der Waals surface area contributed by atoms with Gasteiger partial charge in [-0.05, 0) is 48.5 Å². The van der Waals surface area contributed by atoms with Crippen molar-refractivity contribution in [3.63, 3.8) is 0 Å². The van der Waals surface area contributed by atoms with Crippen molar-refractivity contribution in [2.45, 2.75) is 0 Å². The molecule has 0 aliphatic carbocycles.